The summed E-state index contributed by atoms with van der Waals surface area (Å²) < 4.78 is 5.13. The molecule has 0 atom stereocenters. The highest BCUT2D eigenvalue weighted by Crippen LogP contribution is 2.22. The second-order valence-electron chi connectivity index (χ2n) is 4.88. The molecule has 0 bridgehead atoms. The van der Waals surface area contributed by atoms with Gasteiger partial charge in [-0.15, -0.1) is 0 Å². The topological polar surface area (TPSA) is 89.9 Å². The second kappa shape index (κ2) is 5.88. The van der Waals surface area contributed by atoms with Crippen LogP contribution in [0.4, 0.5) is 5.82 Å². The lowest BCUT2D eigenvalue weighted by molar-refractivity contribution is 0.442. The zero-order chi connectivity index (χ0) is 14.7. The molecule has 108 valence electrons. The van der Waals surface area contributed by atoms with Gasteiger partial charge in [-0.1, -0.05) is 29.4 Å². The maximum atomic E-state index is 5.55. The zero-order valence-electron chi connectivity index (χ0n) is 11.8. The molecule has 3 rings (SSSR count). The molecule has 0 spiro atoms. The number of nitrogens with two attached hydrogens (primary N) is 1. The summed E-state index contributed by atoms with van der Waals surface area (Å²) in [6.07, 6.45) is 2.37. The molecule has 0 aliphatic rings. The largest absolute Gasteiger partial charge is 0.365 e. The highest BCUT2D eigenvalue weighted by molar-refractivity contribution is 5.87. The molecule has 0 saturated heterocycles. The molecule has 3 N–H and O–H groups in total. The number of nitrogens with zero attached hydrogens (tertiary/aromatic N) is 3. The summed E-state index contributed by atoms with van der Waals surface area (Å²) in [5, 5.41) is 8.05. The molecule has 0 fully saturated rings. The number of aromatic nitrogens is 3. The van der Waals surface area contributed by atoms with Crippen molar-refractivity contribution >= 4 is 16.9 Å². The number of fused-ring (bicyclic) bond motifs is 1. The minimum atomic E-state index is 0.503. The summed E-state index contributed by atoms with van der Waals surface area (Å²) in [6.45, 7) is 3.23. The second-order valence-corrected chi connectivity index (χ2v) is 4.88. The number of rotatable bonds is 5. The van der Waals surface area contributed by atoms with Crippen LogP contribution in [0.15, 0.2) is 35.1 Å². The molecule has 21 heavy (non-hydrogen) atoms. The van der Waals surface area contributed by atoms with E-state index in [1.54, 1.807) is 0 Å². The maximum Gasteiger partial charge on any atom is 0.263 e. The van der Waals surface area contributed by atoms with Crippen LogP contribution >= 0.6 is 0 Å². The van der Waals surface area contributed by atoms with E-state index in [2.05, 4.69) is 44.7 Å². The Labute approximate surface area is 122 Å². The first kappa shape index (κ1) is 13.5. The summed E-state index contributed by atoms with van der Waals surface area (Å²) in [7, 11) is 0. The van der Waals surface area contributed by atoms with Crippen molar-refractivity contribution in [3.63, 3.8) is 0 Å². The van der Waals surface area contributed by atoms with E-state index in [-0.39, 0.29) is 0 Å². The maximum absolute atomic E-state index is 5.55. The molecule has 6 heteroatoms. The lowest BCUT2D eigenvalue weighted by Crippen LogP contribution is -2.04. The van der Waals surface area contributed by atoms with Gasteiger partial charge in [0.05, 0.1) is 5.69 Å². The van der Waals surface area contributed by atoms with Crippen LogP contribution in [0.2, 0.25) is 0 Å². The van der Waals surface area contributed by atoms with Crippen LogP contribution in [-0.4, -0.2) is 21.7 Å². The predicted octanol–water partition coefficient (Wildman–Crippen LogP) is 2.04. The third-order valence-electron chi connectivity index (χ3n) is 3.36. The Morgan fingerprint density at radius 2 is 1.90 bits per heavy atom. The minimum Gasteiger partial charge on any atom is -0.365 e. The number of benzene rings is 1. The Morgan fingerprint density at radius 3 is 2.67 bits per heavy atom. The van der Waals surface area contributed by atoms with Crippen molar-refractivity contribution in [3.8, 4) is 0 Å². The minimum absolute atomic E-state index is 0.503. The fourth-order valence-electron chi connectivity index (χ4n) is 2.23. The highest BCUT2D eigenvalue weighted by Gasteiger charge is 2.11. The Hall–Kier alpha value is -2.47. The van der Waals surface area contributed by atoms with Gasteiger partial charge >= 0.3 is 0 Å². The number of hydrogen-bond donors (Lipinski definition) is 2. The summed E-state index contributed by atoms with van der Waals surface area (Å²) >= 11 is 0. The van der Waals surface area contributed by atoms with Crippen LogP contribution in [0.1, 0.15) is 16.8 Å². The van der Waals surface area contributed by atoms with Gasteiger partial charge in [0.15, 0.2) is 0 Å². The lowest BCUT2D eigenvalue weighted by Gasteiger charge is -2.07. The summed E-state index contributed by atoms with van der Waals surface area (Å²) in [5.41, 5.74) is 9.26. The molecule has 0 amide bonds. The lowest BCUT2D eigenvalue weighted by atomic mass is 10.1. The van der Waals surface area contributed by atoms with Gasteiger partial charge < -0.3 is 15.6 Å². The molecule has 1 aromatic carbocycles. The molecular weight excluding hydrogens is 266 g/mol. The predicted molar refractivity (Wildman–Crippen MR) is 80.9 cm³/mol. The third kappa shape index (κ3) is 2.85. The fourth-order valence-corrected chi connectivity index (χ4v) is 2.23. The third-order valence-corrected chi connectivity index (χ3v) is 3.36. The number of anilines is 1. The van der Waals surface area contributed by atoms with Crippen molar-refractivity contribution in [2.45, 2.75) is 19.9 Å². The molecule has 0 aliphatic carbocycles. The summed E-state index contributed by atoms with van der Waals surface area (Å²) in [6, 6.07) is 8.39. The van der Waals surface area contributed by atoms with Crippen molar-refractivity contribution in [2.24, 2.45) is 5.73 Å². The summed E-state index contributed by atoms with van der Waals surface area (Å²) in [4.78, 5) is 8.32. The zero-order valence-corrected chi connectivity index (χ0v) is 11.8. The van der Waals surface area contributed by atoms with Gasteiger partial charge in [0, 0.05) is 6.54 Å². The van der Waals surface area contributed by atoms with Gasteiger partial charge in [0.2, 0.25) is 0 Å². The van der Waals surface area contributed by atoms with E-state index in [1.165, 1.54) is 17.5 Å². The van der Waals surface area contributed by atoms with Crippen LogP contribution in [0.3, 0.4) is 0 Å². The Balaban J connectivity index is 1.75. The van der Waals surface area contributed by atoms with Crippen molar-refractivity contribution < 1.29 is 4.52 Å². The standard InChI is InChI=1S/C15H17N5O/c1-10-13-14(18-9-19-15(13)21-20-10)17-8-12-4-2-11(3-5-12)6-7-16/h2-5,9H,6-8,16H2,1H3,(H,17,18,19). The summed E-state index contributed by atoms with van der Waals surface area (Å²) in [5.74, 6) is 0.741. The van der Waals surface area contributed by atoms with Gasteiger partial charge in [-0.3, -0.25) is 0 Å². The van der Waals surface area contributed by atoms with Gasteiger partial charge in [-0.05, 0) is 31.0 Å². The molecule has 0 unspecified atom stereocenters. The van der Waals surface area contributed by atoms with Gasteiger partial charge in [-0.2, -0.15) is 4.98 Å². The van der Waals surface area contributed by atoms with Crippen LogP contribution in [0.25, 0.3) is 11.1 Å². The molecule has 0 aliphatic heterocycles. The molecule has 2 heterocycles. The Morgan fingerprint density at radius 1 is 1.14 bits per heavy atom. The fraction of sp³-hybridized carbons (Fsp3) is 0.267. The van der Waals surface area contributed by atoms with Gasteiger partial charge in [-0.25, -0.2) is 4.98 Å². The molecule has 6 nitrogen and oxygen atoms in total. The van der Waals surface area contributed by atoms with Crippen molar-refractivity contribution in [1.29, 1.82) is 0 Å². The molecule has 0 saturated carbocycles. The van der Waals surface area contributed by atoms with E-state index in [0.717, 1.165) is 23.3 Å². The van der Waals surface area contributed by atoms with E-state index in [4.69, 9.17) is 10.3 Å². The van der Waals surface area contributed by atoms with Gasteiger partial charge in [0.25, 0.3) is 5.71 Å². The van der Waals surface area contributed by atoms with Crippen LogP contribution < -0.4 is 11.1 Å². The number of aryl methyl sites for hydroxylation is 1. The van der Waals surface area contributed by atoms with E-state index in [9.17, 15) is 0 Å². The quantitative estimate of drug-likeness (QED) is 0.744. The number of hydrogen-bond acceptors (Lipinski definition) is 6. The SMILES string of the molecule is Cc1noc2ncnc(NCc3ccc(CCN)cc3)c12. The monoisotopic (exact) mass is 283 g/mol. The molecule has 3 aromatic rings. The average molecular weight is 283 g/mol. The van der Waals surface area contributed by atoms with Crippen LogP contribution in [0.5, 0.6) is 0 Å². The smallest absolute Gasteiger partial charge is 0.263 e. The van der Waals surface area contributed by atoms with E-state index >= 15 is 0 Å². The Kier molecular flexibility index (Phi) is 3.79. The van der Waals surface area contributed by atoms with Crippen molar-refractivity contribution in [3.05, 3.63) is 47.4 Å². The molecular formula is C15H17N5O. The van der Waals surface area contributed by atoms with Crippen LogP contribution in [0, 0.1) is 6.92 Å². The van der Waals surface area contributed by atoms with Crippen LogP contribution in [-0.2, 0) is 13.0 Å². The first-order valence-corrected chi connectivity index (χ1v) is 6.86. The normalized spacial score (nSPS) is 11.0. The molecule has 0 radical (unpaired) electrons. The van der Waals surface area contributed by atoms with E-state index in [0.29, 0.717) is 18.8 Å². The first-order chi connectivity index (χ1) is 10.3. The highest BCUT2D eigenvalue weighted by atomic mass is 16.5. The van der Waals surface area contributed by atoms with E-state index < -0.39 is 0 Å². The van der Waals surface area contributed by atoms with E-state index in [1.807, 2.05) is 6.92 Å². The van der Waals surface area contributed by atoms with Gasteiger partial charge in [0.1, 0.15) is 17.5 Å². The van der Waals surface area contributed by atoms with Crippen molar-refractivity contribution in [2.75, 3.05) is 11.9 Å². The average Bonchev–Trinajstić information content (AvgIpc) is 2.89. The Bertz CT molecular complexity index is 735. The number of nitrogens with one attached hydrogen (secondary N) is 1. The molecule has 2 aromatic heterocycles. The first-order valence-electron chi connectivity index (χ1n) is 6.86. The van der Waals surface area contributed by atoms with Crippen molar-refractivity contribution in [1.82, 2.24) is 15.1 Å².